The first-order chi connectivity index (χ1) is 8.63. The summed E-state index contributed by atoms with van der Waals surface area (Å²) in [5.41, 5.74) is 0. The quantitative estimate of drug-likeness (QED) is 0.914. The van der Waals surface area contributed by atoms with Crippen LogP contribution in [0.25, 0.3) is 0 Å². The number of aryl methyl sites for hydroxylation is 1. The number of thiophene rings is 1. The van der Waals surface area contributed by atoms with Crippen LogP contribution in [0.2, 0.25) is 0 Å². The third kappa shape index (κ3) is 2.56. The first kappa shape index (κ1) is 13.1. The molecule has 5 heteroatoms. The number of rotatable bonds is 3. The molecular weight excluding hydrogens is 250 g/mol. The van der Waals surface area contributed by atoms with Gasteiger partial charge in [-0.3, -0.25) is 4.79 Å². The first-order valence-corrected chi connectivity index (χ1v) is 7.07. The topological polar surface area (TPSA) is 57.6 Å². The third-order valence-electron chi connectivity index (χ3n) is 3.27. The SMILES string of the molecule is CCc1ccc(C(=O)N2CCCCC2C(=O)O)s1. The lowest BCUT2D eigenvalue weighted by Crippen LogP contribution is -2.47. The Hall–Kier alpha value is -1.36. The molecule has 1 saturated heterocycles. The van der Waals surface area contributed by atoms with Crippen LogP contribution in [0.15, 0.2) is 12.1 Å². The Labute approximate surface area is 110 Å². The van der Waals surface area contributed by atoms with Gasteiger partial charge in [0.2, 0.25) is 0 Å². The Morgan fingerprint density at radius 3 is 2.83 bits per heavy atom. The van der Waals surface area contributed by atoms with Gasteiger partial charge in [0, 0.05) is 11.4 Å². The molecule has 0 aromatic carbocycles. The molecule has 98 valence electrons. The lowest BCUT2D eigenvalue weighted by atomic mass is 10.0. The average molecular weight is 267 g/mol. The van der Waals surface area contributed by atoms with Crippen LogP contribution >= 0.6 is 11.3 Å². The van der Waals surface area contributed by atoms with Gasteiger partial charge >= 0.3 is 5.97 Å². The zero-order valence-corrected chi connectivity index (χ0v) is 11.2. The molecule has 0 bridgehead atoms. The van der Waals surface area contributed by atoms with Crippen molar-refractivity contribution in [2.45, 2.75) is 38.6 Å². The largest absolute Gasteiger partial charge is 0.480 e. The van der Waals surface area contributed by atoms with Crippen LogP contribution < -0.4 is 0 Å². The Bertz CT molecular complexity index is 455. The smallest absolute Gasteiger partial charge is 0.326 e. The van der Waals surface area contributed by atoms with Gasteiger partial charge < -0.3 is 10.0 Å². The summed E-state index contributed by atoms with van der Waals surface area (Å²) < 4.78 is 0. The van der Waals surface area contributed by atoms with Crippen molar-refractivity contribution in [3.05, 3.63) is 21.9 Å². The van der Waals surface area contributed by atoms with Crippen LogP contribution in [-0.2, 0) is 11.2 Å². The Morgan fingerprint density at radius 2 is 2.22 bits per heavy atom. The van der Waals surface area contributed by atoms with Gasteiger partial charge in [-0.25, -0.2) is 4.79 Å². The molecule has 1 aromatic heterocycles. The van der Waals surface area contributed by atoms with E-state index in [1.165, 1.54) is 16.2 Å². The zero-order chi connectivity index (χ0) is 13.1. The van der Waals surface area contributed by atoms with Crippen molar-refractivity contribution in [1.29, 1.82) is 0 Å². The van der Waals surface area contributed by atoms with Crippen LogP contribution in [0.4, 0.5) is 0 Å². The highest BCUT2D eigenvalue weighted by Gasteiger charge is 2.32. The van der Waals surface area contributed by atoms with Gasteiger partial charge in [-0.15, -0.1) is 11.3 Å². The van der Waals surface area contributed by atoms with Crippen molar-refractivity contribution < 1.29 is 14.7 Å². The van der Waals surface area contributed by atoms with Crippen molar-refractivity contribution in [1.82, 2.24) is 4.90 Å². The van der Waals surface area contributed by atoms with Crippen LogP contribution in [0.3, 0.4) is 0 Å². The van der Waals surface area contributed by atoms with Crippen molar-refractivity contribution in [3.8, 4) is 0 Å². The second-order valence-corrected chi connectivity index (χ2v) is 5.64. The lowest BCUT2D eigenvalue weighted by Gasteiger charge is -2.32. The number of carboxylic acid groups (broad SMARTS) is 1. The fourth-order valence-electron chi connectivity index (χ4n) is 2.26. The molecule has 2 heterocycles. The van der Waals surface area contributed by atoms with Crippen LogP contribution in [0, 0.1) is 0 Å². The summed E-state index contributed by atoms with van der Waals surface area (Å²) in [5, 5.41) is 9.17. The summed E-state index contributed by atoms with van der Waals surface area (Å²) >= 11 is 1.46. The maximum Gasteiger partial charge on any atom is 0.326 e. The molecule has 1 atom stereocenters. The fraction of sp³-hybridized carbons (Fsp3) is 0.538. The van der Waals surface area contributed by atoms with E-state index in [0.29, 0.717) is 17.8 Å². The van der Waals surface area contributed by atoms with Gasteiger partial charge in [0.1, 0.15) is 6.04 Å². The fourth-order valence-corrected chi connectivity index (χ4v) is 3.16. The number of amides is 1. The number of nitrogens with zero attached hydrogens (tertiary/aromatic N) is 1. The molecular formula is C13H17NO3S. The number of hydrogen-bond donors (Lipinski definition) is 1. The number of hydrogen-bond acceptors (Lipinski definition) is 3. The highest BCUT2D eigenvalue weighted by molar-refractivity contribution is 7.14. The van der Waals surface area contributed by atoms with E-state index >= 15 is 0 Å². The van der Waals surface area contributed by atoms with Gasteiger partial charge in [-0.05, 0) is 37.8 Å². The van der Waals surface area contributed by atoms with E-state index in [-0.39, 0.29) is 5.91 Å². The number of carbonyl (C=O) groups is 2. The molecule has 1 amide bonds. The van der Waals surface area contributed by atoms with Gasteiger partial charge in [-0.1, -0.05) is 6.92 Å². The number of likely N-dealkylation sites (tertiary alicyclic amines) is 1. The van der Waals surface area contributed by atoms with E-state index in [1.54, 1.807) is 6.07 Å². The highest BCUT2D eigenvalue weighted by atomic mass is 32.1. The van der Waals surface area contributed by atoms with E-state index in [1.807, 2.05) is 13.0 Å². The normalized spacial score (nSPS) is 19.8. The summed E-state index contributed by atoms with van der Waals surface area (Å²) in [6, 6.07) is 3.09. The summed E-state index contributed by atoms with van der Waals surface area (Å²) in [6.45, 7) is 2.59. The van der Waals surface area contributed by atoms with E-state index in [4.69, 9.17) is 5.11 Å². The monoisotopic (exact) mass is 267 g/mol. The summed E-state index contributed by atoms with van der Waals surface area (Å²) in [5.74, 6) is -1.03. The molecule has 0 saturated carbocycles. The summed E-state index contributed by atoms with van der Waals surface area (Å²) in [4.78, 5) is 26.8. The standard InChI is InChI=1S/C13H17NO3S/c1-2-9-6-7-11(18-9)12(15)14-8-4-3-5-10(14)13(16)17/h6-7,10H,2-5,8H2,1H3,(H,16,17). The Morgan fingerprint density at radius 1 is 1.44 bits per heavy atom. The Balaban J connectivity index is 2.17. The Kier molecular flexibility index (Phi) is 4.01. The molecule has 1 N–H and O–H groups in total. The molecule has 18 heavy (non-hydrogen) atoms. The maximum atomic E-state index is 12.3. The lowest BCUT2D eigenvalue weighted by molar-refractivity contribution is -0.143. The molecule has 0 radical (unpaired) electrons. The van der Waals surface area contributed by atoms with Crippen molar-refractivity contribution >= 4 is 23.2 Å². The van der Waals surface area contributed by atoms with Crippen LogP contribution in [0.1, 0.15) is 40.7 Å². The van der Waals surface area contributed by atoms with E-state index in [9.17, 15) is 9.59 Å². The van der Waals surface area contributed by atoms with E-state index in [0.717, 1.165) is 24.1 Å². The molecule has 0 aliphatic carbocycles. The average Bonchev–Trinajstić information content (AvgIpc) is 2.86. The first-order valence-electron chi connectivity index (χ1n) is 6.26. The van der Waals surface area contributed by atoms with Gasteiger partial charge in [0.15, 0.2) is 0 Å². The molecule has 2 rings (SSSR count). The third-order valence-corrected chi connectivity index (χ3v) is 4.49. The number of piperidine rings is 1. The van der Waals surface area contributed by atoms with Crippen molar-refractivity contribution in [3.63, 3.8) is 0 Å². The minimum Gasteiger partial charge on any atom is -0.480 e. The molecule has 0 spiro atoms. The van der Waals surface area contributed by atoms with Gasteiger partial charge in [0.25, 0.3) is 5.91 Å². The molecule has 1 aromatic rings. The van der Waals surface area contributed by atoms with E-state index in [2.05, 4.69) is 0 Å². The molecule has 1 aliphatic heterocycles. The predicted molar refractivity (Wildman–Crippen MR) is 70.0 cm³/mol. The maximum absolute atomic E-state index is 12.3. The highest BCUT2D eigenvalue weighted by Crippen LogP contribution is 2.24. The van der Waals surface area contributed by atoms with E-state index < -0.39 is 12.0 Å². The van der Waals surface area contributed by atoms with Crippen LogP contribution in [-0.4, -0.2) is 34.5 Å². The molecule has 1 aliphatic rings. The number of carboxylic acids is 1. The van der Waals surface area contributed by atoms with Crippen LogP contribution in [0.5, 0.6) is 0 Å². The minimum absolute atomic E-state index is 0.133. The second kappa shape index (κ2) is 5.52. The number of carbonyl (C=O) groups excluding carboxylic acids is 1. The van der Waals surface area contributed by atoms with Crippen molar-refractivity contribution in [2.24, 2.45) is 0 Å². The van der Waals surface area contributed by atoms with Gasteiger partial charge in [-0.2, -0.15) is 0 Å². The van der Waals surface area contributed by atoms with Crippen molar-refractivity contribution in [2.75, 3.05) is 6.54 Å². The summed E-state index contributed by atoms with van der Waals surface area (Å²) in [6.07, 6.45) is 3.24. The second-order valence-electron chi connectivity index (χ2n) is 4.47. The minimum atomic E-state index is -0.893. The predicted octanol–water partition coefficient (Wildman–Crippen LogP) is 2.39. The summed E-state index contributed by atoms with van der Waals surface area (Å²) in [7, 11) is 0. The van der Waals surface area contributed by atoms with Gasteiger partial charge in [0.05, 0.1) is 4.88 Å². The number of aliphatic carboxylic acids is 1. The molecule has 1 unspecified atom stereocenters. The molecule has 4 nitrogen and oxygen atoms in total. The zero-order valence-electron chi connectivity index (χ0n) is 10.4. The molecule has 1 fully saturated rings.